The van der Waals surface area contributed by atoms with Gasteiger partial charge in [-0.05, 0) is 45.8 Å². The summed E-state index contributed by atoms with van der Waals surface area (Å²) < 4.78 is 14.6. The van der Waals surface area contributed by atoms with Gasteiger partial charge < -0.3 is 15.8 Å². The normalized spacial score (nSPS) is 11.5. The van der Waals surface area contributed by atoms with Crippen molar-refractivity contribution in [1.82, 2.24) is 4.98 Å². The highest BCUT2D eigenvalue weighted by Gasteiger charge is 2.16. The molecule has 0 saturated heterocycles. The summed E-state index contributed by atoms with van der Waals surface area (Å²) in [5.41, 5.74) is 7.23. The van der Waals surface area contributed by atoms with E-state index in [9.17, 15) is 4.39 Å². The van der Waals surface area contributed by atoms with E-state index in [2.05, 4.69) is 26.1 Å². The number of hydrogen-bond acceptors (Lipinski definition) is 4. The second kappa shape index (κ2) is 6.53. The first-order chi connectivity index (χ1) is 10.0. The Morgan fingerprint density at radius 3 is 2.67 bits per heavy atom. The fraction of sp³-hybridized carbons (Fsp3) is 0.143. The lowest BCUT2D eigenvalue weighted by molar-refractivity contribution is 0.318. The van der Waals surface area contributed by atoms with Crippen LogP contribution in [-0.4, -0.2) is 23.1 Å². The van der Waals surface area contributed by atoms with Crippen LogP contribution in [0.25, 0.3) is 0 Å². The highest BCUT2D eigenvalue weighted by Crippen LogP contribution is 2.29. The maximum atomic E-state index is 14.4. The van der Waals surface area contributed by atoms with E-state index >= 15 is 0 Å². The number of nitrogens with two attached hydrogens (primary N) is 1. The van der Waals surface area contributed by atoms with Crippen molar-refractivity contribution < 1.29 is 9.60 Å². The summed E-state index contributed by atoms with van der Waals surface area (Å²) in [4.78, 5) is 5.72. The number of rotatable bonds is 4. The van der Waals surface area contributed by atoms with Crippen LogP contribution in [-0.2, 0) is 6.54 Å². The molecular formula is C14H14BrFN4O. The van der Waals surface area contributed by atoms with Gasteiger partial charge in [0.15, 0.2) is 11.7 Å². The van der Waals surface area contributed by atoms with E-state index in [0.717, 1.165) is 5.56 Å². The quantitative estimate of drug-likeness (QED) is 0.384. The van der Waals surface area contributed by atoms with E-state index in [-0.39, 0.29) is 10.3 Å². The van der Waals surface area contributed by atoms with Crippen LogP contribution in [0.4, 0.5) is 10.1 Å². The molecule has 0 radical (unpaired) electrons. The summed E-state index contributed by atoms with van der Waals surface area (Å²) in [6.45, 7) is 0.537. The van der Waals surface area contributed by atoms with Gasteiger partial charge in [-0.25, -0.2) is 4.39 Å². The zero-order valence-corrected chi connectivity index (χ0v) is 12.9. The molecular weight excluding hydrogens is 339 g/mol. The third-order valence-corrected chi connectivity index (χ3v) is 3.80. The average Bonchev–Trinajstić information content (AvgIpc) is 2.50. The van der Waals surface area contributed by atoms with Gasteiger partial charge in [0.05, 0.1) is 10.2 Å². The molecule has 7 heteroatoms. The monoisotopic (exact) mass is 352 g/mol. The highest BCUT2D eigenvalue weighted by atomic mass is 79.9. The number of nitrogens with zero attached hydrogens (tertiary/aromatic N) is 3. The number of amidine groups is 1. The summed E-state index contributed by atoms with van der Waals surface area (Å²) in [5, 5.41) is 11.6. The van der Waals surface area contributed by atoms with Crippen LogP contribution in [0, 0.1) is 5.82 Å². The van der Waals surface area contributed by atoms with Gasteiger partial charge in [-0.3, -0.25) is 4.98 Å². The Hall–Kier alpha value is -2.15. The standard InChI is InChI=1S/C14H14BrFN4O/c1-20(8-9-4-6-18-7-5-9)11-3-2-10(14(17)19-21)12(15)13(11)16/h2-7,21H,8H2,1H3,(H2,17,19). The Morgan fingerprint density at radius 2 is 2.05 bits per heavy atom. The molecule has 0 aliphatic rings. The molecule has 0 bridgehead atoms. The number of aromatic nitrogens is 1. The molecule has 3 N–H and O–H groups in total. The van der Waals surface area contributed by atoms with Gasteiger partial charge in [-0.2, -0.15) is 0 Å². The first-order valence-corrected chi connectivity index (χ1v) is 6.89. The van der Waals surface area contributed by atoms with Gasteiger partial charge in [-0.1, -0.05) is 5.16 Å². The third-order valence-electron chi connectivity index (χ3n) is 3.03. The number of pyridine rings is 1. The molecule has 1 heterocycles. The van der Waals surface area contributed by atoms with Crippen LogP contribution < -0.4 is 10.6 Å². The van der Waals surface area contributed by atoms with E-state index in [1.165, 1.54) is 0 Å². The molecule has 2 aromatic rings. The largest absolute Gasteiger partial charge is 0.409 e. The third kappa shape index (κ3) is 3.30. The highest BCUT2D eigenvalue weighted by molar-refractivity contribution is 9.10. The lowest BCUT2D eigenvalue weighted by Crippen LogP contribution is -2.20. The fourth-order valence-corrected chi connectivity index (χ4v) is 2.47. The molecule has 1 aromatic heterocycles. The Bertz CT molecular complexity index is 664. The van der Waals surface area contributed by atoms with Crippen LogP contribution in [0.15, 0.2) is 46.3 Å². The Morgan fingerprint density at radius 1 is 1.38 bits per heavy atom. The van der Waals surface area contributed by atoms with Gasteiger partial charge in [-0.15, -0.1) is 0 Å². The molecule has 0 fully saturated rings. The van der Waals surface area contributed by atoms with Crippen molar-refractivity contribution in [1.29, 1.82) is 0 Å². The number of hydrogen-bond donors (Lipinski definition) is 2. The molecule has 0 aliphatic carbocycles. The SMILES string of the molecule is CN(Cc1ccncc1)c1ccc(/C(N)=N/O)c(Br)c1F. The summed E-state index contributed by atoms with van der Waals surface area (Å²) in [6, 6.07) is 6.93. The van der Waals surface area contributed by atoms with E-state index in [1.807, 2.05) is 12.1 Å². The molecule has 110 valence electrons. The van der Waals surface area contributed by atoms with Crippen molar-refractivity contribution in [2.24, 2.45) is 10.9 Å². The number of benzene rings is 1. The topological polar surface area (TPSA) is 74.7 Å². The molecule has 0 unspecified atom stereocenters. The van der Waals surface area contributed by atoms with Crippen LogP contribution in [0.2, 0.25) is 0 Å². The maximum Gasteiger partial charge on any atom is 0.171 e. The van der Waals surface area contributed by atoms with Crippen LogP contribution >= 0.6 is 15.9 Å². The maximum absolute atomic E-state index is 14.4. The zero-order valence-electron chi connectivity index (χ0n) is 11.3. The van der Waals surface area contributed by atoms with Gasteiger partial charge in [0.2, 0.25) is 0 Å². The van der Waals surface area contributed by atoms with Crippen LogP contribution in [0.3, 0.4) is 0 Å². The average molecular weight is 353 g/mol. The summed E-state index contributed by atoms with van der Waals surface area (Å²) >= 11 is 3.14. The van der Waals surface area contributed by atoms with E-state index in [4.69, 9.17) is 10.9 Å². The number of anilines is 1. The van der Waals surface area contributed by atoms with Crippen molar-refractivity contribution in [3.63, 3.8) is 0 Å². The zero-order chi connectivity index (χ0) is 15.4. The second-order valence-electron chi connectivity index (χ2n) is 4.46. The first kappa shape index (κ1) is 15.2. The summed E-state index contributed by atoms with van der Waals surface area (Å²) in [5.74, 6) is -0.611. The molecule has 21 heavy (non-hydrogen) atoms. The predicted molar refractivity (Wildman–Crippen MR) is 83.0 cm³/mol. The minimum atomic E-state index is -0.462. The number of halogens is 2. The van der Waals surface area contributed by atoms with E-state index in [1.54, 1.807) is 36.5 Å². The van der Waals surface area contributed by atoms with E-state index in [0.29, 0.717) is 17.8 Å². The summed E-state index contributed by atoms with van der Waals surface area (Å²) in [7, 11) is 1.79. The molecule has 0 spiro atoms. The fourth-order valence-electron chi connectivity index (χ4n) is 1.93. The summed E-state index contributed by atoms with van der Waals surface area (Å²) in [6.07, 6.45) is 3.38. The van der Waals surface area contributed by atoms with E-state index < -0.39 is 5.82 Å². The second-order valence-corrected chi connectivity index (χ2v) is 5.25. The minimum Gasteiger partial charge on any atom is -0.409 e. The Labute approximate surface area is 130 Å². The van der Waals surface area contributed by atoms with Gasteiger partial charge >= 0.3 is 0 Å². The smallest absolute Gasteiger partial charge is 0.171 e. The van der Waals surface area contributed by atoms with Crippen molar-refractivity contribution in [2.75, 3.05) is 11.9 Å². The Kier molecular flexibility index (Phi) is 4.74. The van der Waals surface area contributed by atoms with Gasteiger partial charge in [0.1, 0.15) is 0 Å². The molecule has 0 saturated carbocycles. The number of oxime groups is 1. The van der Waals surface area contributed by atoms with Gasteiger partial charge in [0.25, 0.3) is 0 Å². The molecule has 2 rings (SSSR count). The molecule has 5 nitrogen and oxygen atoms in total. The van der Waals surface area contributed by atoms with Crippen molar-refractivity contribution in [3.8, 4) is 0 Å². The Balaban J connectivity index is 2.30. The lowest BCUT2D eigenvalue weighted by atomic mass is 10.1. The minimum absolute atomic E-state index is 0.149. The lowest BCUT2D eigenvalue weighted by Gasteiger charge is -2.21. The molecule has 0 amide bonds. The molecule has 0 aliphatic heterocycles. The molecule has 0 atom stereocenters. The van der Waals surface area contributed by atoms with Crippen molar-refractivity contribution >= 4 is 27.5 Å². The molecule has 1 aromatic carbocycles. The first-order valence-electron chi connectivity index (χ1n) is 6.10. The predicted octanol–water partition coefficient (Wildman–Crippen LogP) is 2.71. The van der Waals surface area contributed by atoms with Crippen molar-refractivity contribution in [3.05, 3.63) is 58.1 Å². The van der Waals surface area contributed by atoms with Crippen LogP contribution in [0.1, 0.15) is 11.1 Å². The van der Waals surface area contributed by atoms with Gasteiger partial charge in [0, 0.05) is 31.5 Å². The van der Waals surface area contributed by atoms with Crippen molar-refractivity contribution in [2.45, 2.75) is 6.54 Å². The van der Waals surface area contributed by atoms with Crippen LogP contribution in [0.5, 0.6) is 0 Å².